The lowest BCUT2D eigenvalue weighted by Gasteiger charge is -2.31. The summed E-state index contributed by atoms with van der Waals surface area (Å²) >= 11 is 0. The Bertz CT molecular complexity index is 1380. The Hall–Kier alpha value is -3.48. The molecule has 179 valence electrons. The predicted octanol–water partition coefficient (Wildman–Crippen LogP) is 6.22. The first-order valence-electron chi connectivity index (χ1n) is 11.3. The Morgan fingerprint density at radius 1 is 0.886 bits per heavy atom. The highest BCUT2D eigenvalue weighted by molar-refractivity contribution is 7.90. The van der Waals surface area contributed by atoms with Crippen LogP contribution in [0.15, 0.2) is 101 Å². The van der Waals surface area contributed by atoms with Crippen LogP contribution >= 0.6 is 0 Å². The van der Waals surface area contributed by atoms with Gasteiger partial charge in [0, 0.05) is 23.0 Å². The summed E-state index contributed by atoms with van der Waals surface area (Å²) in [7, 11) is -4.53. The maximum absolute atomic E-state index is 12.7. The molecule has 0 unspecified atom stereocenters. The number of hydrogen-bond acceptors (Lipinski definition) is 4. The lowest BCUT2D eigenvalue weighted by Crippen LogP contribution is -2.25. The second-order valence-corrected chi connectivity index (χ2v) is 10.5. The minimum atomic E-state index is -4.53. The molecule has 4 rings (SSSR count). The topological polar surface area (TPSA) is 80.7 Å². The maximum Gasteiger partial charge on any atom is 0.294 e. The molecule has 0 amide bonds. The van der Waals surface area contributed by atoms with Crippen LogP contribution in [0.4, 0.5) is 0 Å². The van der Waals surface area contributed by atoms with Crippen LogP contribution in [0, 0.1) is 13.0 Å². The van der Waals surface area contributed by atoms with Crippen molar-refractivity contribution in [2.45, 2.75) is 32.6 Å². The van der Waals surface area contributed by atoms with E-state index in [1.54, 1.807) is 36.4 Å². The maximum atomic E-state index is 12.7. The lowest BCUT2D eigenvalue weighted by molar-refractivity contribution is 0.103. The molecule has 0 saturated heterocycles. The lowest BCUT2D eigenvalue weighted by atomic mass is 9.75. The monoisotopic (exact) mass is 487 g/mol. The number of rotatable bonds is 7. The number of benzene rings is 3. The van der Waals surface area contributed by atoms with Gasteiger partial charge < -0.3 is 4.74 Å². The number of carbonyl (C=O) groups excluding carboxylic acids is 1. The van der Waals surface area contributed by atoms with Crippen molar-refractivity contribution in [1.29, 1.82) is 0 Å². The largest absolute Gasteiger partial charge is 0.477 e. The number of hydrogen-bond donors (Lipinski definition) is 1. The summed E-state index contributed by atoms with van der Waals surface area (Å²) < 4.78 is 40.3. The summed E-state index contributed by atoms with van der Waals surface area (Å²) in [6.07, 6.45) is 3.70. The normalized spacial score (nSPS) is 14.7. The Kier molecular flexibility index (Phi) is 6.79. The molecular formula is C29H27O5S. The number of aryl methyl sites for hydroxylation is 1. The Labute approximate surface area is 206 Å². The first kappa shape index (κ1) is 24.6. The fourth-order valence-electron chi connectivity index (χ4n) is 4.04. The van der Waals surface area contributed by atoms with Gasteiger partial charge in [-0.25, -0.2) is 0 Å². The van der Waals surface area contributed by atoms with Crippen molar-refractivity contribution in [3.05, 3.63) is 130 Å². The van der Waals surface area contributed by atoms with Crippen molar-refractivity contribution in [1.82, 2.24) is 0 Å². The van der Waals surface area contributed by atoms with Gasteiger partial charge in [-0.2, -0.15) is 8.42 Å². The molecule has 0 saturated carbocycles. The van der Waals surface area contributed by atoms with E-state index in [1.165, 1.54) is 6.08 Å². The van der Waals surface area contributed by atoms with E-state index in [-0.39, 0.29) is 23.2 Å². The first-order valence-corrected chi connectivity index (χ1v) is 12.7. The van der Waals surface area contributed by atoms with Crippen LogP contribution in [0.3, 0.4) is 0 Å². The molecule has 0 atom stereocenters. The second-order valence-electron chi connectivity index (χ2n) is 9.08. The first-order chi connectivity index (χ1) is 16.6. The summed E-state index contributed by atoms with van der Waals surface area (Å²) in [6, 6.07) is 23.6. The van der Waals surface area contributed by atoms with Crippen molar-refractivity contribution < 1.29 is 22.5 Å². The number of ether oxygens (including phenoxy) is 1. The van der Waals surface area contributed by atoms with Gasteiger partial charge in [-0.05, 0) is 48.4 Å². The molecule has 1 N–H and O–H groups in total. The zero-order valence-corrected chi connectivity index (χ0v) is 20.7. The molecule has 1 aliphatic carbocycles. The van der Waals surface area contributed by atoms with Crippen LogP contribution in [-0.4, -0.2) is 18.8 Å². The number of carbonyl (C=O) groups is 1. The van der Waals surface area contributed by atoms with Crippen molar-refractivity contribution in [3.63, 3.8) is 0 Å². The van der Waals surface area contributed by atoms with Crippen LogP contribution in [-0.2, 0) is 15.5 Å². The standard InChI is InChI=1S/C29H27O5S/c1-20-9-11-21(12-10-20)28(30)22-13-16-25(17-14-22)34-26-18-15-24(19-27(26)35(31,32)33)29(2,3)23-7-5-4-6-8-23/h4-17,19H,18H2,1-3H3,(H,31,32,33). The predicted molar refractivity (Wildman–Crippen MR) is 137 cm³/mol. The van der Waals surface area contributed by atoms with Crippen LogP contribution in [0.25, 0.3) is 0 Å². The molecule has 0 aliphatic heterocycles. The number of allylic oxidation sites excluding steroid dienone is 2. The molecule has 35 heavy (non-hydrogen) atoms. The molecule has 0 spiro atoms. The highest BCUT2D eigenvalue weighted by atomic mass is 32.2. The van der Waals surface area contributed by atoms with E-state index in [0.717, 1.165) is 16.7 Å². The van der Waals surface area contributed by atoms with Crippen LogP contribution in [0.2, 0.25) is 0 Å². The van der Waals surface area contributed by atoms with E-state index in [4.69, 9.17) is 4.74 Å². The average molecular weight is 488 g/mol. The quantitative estimate of drug-likeness (QED) is 0.316. The third kappa shape index (κ3) is 5.45. The van der Waals surface area contributed by atoms with Crippen molar-refractivity contribution >= 4 is 15.9 Å². The van der Waals surface area contributed by atoms with Crippen LogP contribution in [0.1, 0.15) is 47.3 Å². The second kappa shape index (κ2) is 9.64. The molecule has 0 bridgehead atoms. The van der Waals surface area contributed by atoms with E-state index in [0.29, 0.717) is 16.9 Å². The summed E-state index contributed by atoms with van der Waals surface area (Å²) in [6.45, 7) is 5.96. The Morgan fingerprint density at radius 2 is 1.46 bits per heavy atom. The molecule has 1 aliphatic rings. The molecule has 5 nitrogen and oxygen atoms in total. The van der Waals surface area contributed by atoms with Gasteiger partial charge in [-0.3, -0.25) is 9.35 Å². The minimum Gasteiger partial charge on any atom is -0.477 e. The average Bonchev–Trinajstić information content (AvgIpc) is 2.84. The van der Waals surface area contributed by atoms with E-state index in [9.17, 15) is 17.8 Å². The Balaban J connectivity index is 1.55. The smallest absolute Gasteiger partial charge is 0.294 e. The molecular weight excluding hydrogens is 460 g/mol. The van der Waals surface area contributed by atoms with Crippen molar-refractivity contribution in [2.75, 3.05) is 0 Å². The van der Waals surface area contributed by atoms with Crippen molar-refractivity contribution in [3.8, 4) is 5.75 Å². The number of ketones is 1. The Morgan fingerprint density at radius 3 is 2.03 bits per heavy atom. The highest BCUT2D eigenvalue weighted by Gasteiger charge is 2.35. The summed E-state index contributed by atoms with van der Waals surface area (Å²) in [4.78, 5) is 12.4. The van der Waals surface area contributed by atoms with Crippen molar-refractivity contribution in [2.24, 2.45) is 0 Å². The third-order valence-corrected chi connectivity index (χ3v) is 7.14. The van der Waals surface area contributed by atoms with Gasteiger partial charge in [0.05, 0.1) is 0 Å². The van der Waals surface area contributed by atoms with Gasteiger partial charge in [-0.1, -0.05) is 80.1 Å². The molecule has 0 aromatic heterocycles. The summed E-state index contributed by atoms with van der Waals surface area (Å²) in [5.41, 5.74) is 3.47. The molecule has 6 heteroatoms. The molecule has 1 radical (unpaired) electrons. The minimum absolute atomic E-state index is 0.115. The zero-order valence-electron chi connectivity index (χ0n) is 19.9. The van der Waals surface area contributed by atoms with E-state index >= 15 is 0 Å². The highest BCUT2D eigenvalue weighted by Crippen LogP contribution is 2.40. The molecule has 3 aromatic carbocycles. The summed E-state index contributed by atoms with van der Waals surface area (Å²) in [5, 5.41) is 0. The van der Waals surface area contributed by atoms with E-state index < -0.39 is 15.5 Å². The van der Waals surface area contributed by atoms with Gasteiger partial charge in [0.2, 0.25) is 0 Å². The van der Waals surface area contributed by atoms with E-state index in [1.807, 2.05) is 69.3 Å². The third-order valence-electron chi connectivity index (χ3n) is 6.24. The van der Waals surface area contributed by atoms with Crippen LogP contribution in [0.5, 0.6) is 5.75 Å². The van der Waals surface area contributed by atoms with Gasteiger partial charge in [0.25, 0.3) is 10.1 Å². The molecule has 3 aromatic rings. The fourth-order valence-corrected chi connectivity index (χ4v) is 4.73. The van der Waals surface area contributed by atoms with Gasteiger partial charge >= 0.3 is 0 Å². The fraction of sp³-hybridized carbons (Fsp3) is 0.172. The SMILES string of the molecule is Cc1ccc(C(=O)c2ccc(O[C]3CC=C(C(C)(C)c4ccccc4)C=C3S(=O)(=O)O)cc2)cc1. The van der Waals surface area contributed by atoms with Gasteiger partial charge in [-0.15, -0.1) is 0 Å². The zero-order chi connectivity index (χ0) is 25.2. The molecule has 0 heterocycles. The van der Waals surface area contributed by atoms with Gasteiger partial charge in [0.15, 0.2) is 11.9 Å². The van der Waals surface area contributed by atoms with Gasteiger partial charge in [0.1, 0.15) is 10.7 Å². The molecule has 0 fully saturated rings. The van der Waals surface area contributed by atoms with E-state index in [2.05, 4.69) is 0 Å². The van der Waals surface area contributed by atoms with Crippen LogP contribution < -0.4 is 4.74 Å². The summed E-state index contributed by atoms with van der Waals surface area (Å²) in [5.74, 6) is 0.255.